The van der Waals surface area contributed by atoms with Crippen molar-refractivity contribution in [2.45, 2.75) is 110 Å². The summed E-state index contributed by atoms with van der Waals surface area (Å²) >= 11 is 0. The van der Waals surface area contributed by atoms with E-state index >= 15 is 0 Å². The Balaban J connectivity index is 1.53. The van der Waals surface area contributed by atoms with E-state index in [0.29, 0.717) is 36.0 Å². The molecule has 4 N–H and O–H groups in total. The van der Waals surface area contributed by atoms with Crippen LogP contribution in [0.1, 0.15) is 85.5 Å². The first-order valence-corrected chi connectivity index (χ1v) is 13.2. The van der Waals surface area contributed by atoms with Crippen molar-refractivity contribution in [3.63, 3.8) is 0 Å². The minimum absolute atomic E-state index is 0.101. The first kappa shape index (κ1) is 24.6. The predicted octanol–water partition coefficient (Wildman–Crippen LogP) is 3.56. The fraction of sp³-hybridized carbons (Fsp3) is 0.963. The van der Waals surface area contributed by atoms with Crippen LogP contribution in [-0.2, 0) is 4.79 Å². The van der Waals surface area contributed by atoms with E-state index in [1.165, 1.54) is 0 Å². The summed E-state index contributed by atoms with van der Waals surface area (Å²) in [6.07, 6.45) is 7.01. The Morgan fingerprint density at radius 2 is 1.69 bits per heavy atom. The number of carbonyl (C=O) groups excluding carboxylic acids is 1. The van der Waals surface area contributed by atoms with Crippen LogP contribution in [-0.4, -0.2) is 51.1 Å². The number of aldehydes is 1. The summed E-state index contributed by atoms with van der Waals surface area (Å²) in [6, 6.07) is 0. The van der Waals surface area contributed by atoms with Gasteiger partial charge in [-0.05, 0) is 104 Å². The Hall–Kier alpha value is -0.490. The molecule has 4 rings (SSSR count). The molecule has 13 atom stereocenters. The Labute approximate surface area is 194 Å². The minimum atomic E-state index is -0.598. The molecule has 0 amide bonds. The van der Waals surface area contributed by atoms with Crippen LogP contribution < -0.4 is 0 Å². The van der Waals surface area contributed by atoms with Gasteiger partial charge in [-0.1, -0.05) is 27.7 Å². The molecule has 0 aromatic carbocycles. The molecule has 184 valence electrons. The number of hydrogen-bond acceptors (Lipinski definition) is 5. The summed E-state index contributed by atoms with van der Waals surface area (Å²) in [4.78, 5) is 11.0. The second-order valence-electron chi connectivity index (χ2n) is 12.6. The fourth-order valence-electron chi connectivity index (χ4n) is 9.12. The molecule has 4 aliphatic rings. The second kappa shape index (κ2) is 8.94. The fourth-order valence-corrected chi connectivity index (χ4v) is 9.12. The number of fused-ring (bicyclic) bond motifs is 5. The Morgan fingerprint density at radius 1 is 0.969 bits per heavy atom. The van der Waals surface area contributed by atoms with Crippen molar-refractivity contribution < 1.29 is 25.2 Å². The van der Waals surface area contributed by atoms with Crippen molar-refractivity contribution in [1.82, 2.24) is 0 Å². The number of carbonyl (C=O) groups is 1. The summed E-state index contributed by atoms with van der Waals surface area (Å²) in [5, 5.41) is 43.5. The topological polar surface area (TPSA) is 98.0 Å². The van der Waals surface area contributed by atoms with Gasteiger partial charge in [0.05, 0.1) is 24.4 Å². The molecule has 32 heavy (non-hydrogen) atoms. The summed E-state index contributed by atoms with van der Waals surface area (Å²) in [7, 11) is 0. The zero-order chi connectivity index (χ0) is 23.4. The van der Waals surface area contributed by atoms with Crippen LogP contribution in [0.5, 0.6) is 0 Å². The lowest BCUT2D eigenvalue weighted by Gasteiger charge is -2.63. The van der Waals surface area contributed by atoms with Gasteiger partial charge in [-0.3, -0.25) is 0 Å². The second-order valence-corrected chi connectivity index (χ2v) is 12.6. The van der Waals surface area contributed by atoms with Gasteiger partial charge in [-0.2, -0.15) is 0 Å². The summed E-state index contributed by atoms with van der Waals surface area (Å²) in [6.45, 7) is 8.64. The van der Waals surface area contributed by atoms with Crippen LogP contribution in [0.15, 0.2) is 0 Å². The first-order valence-electron chi connectivity index (χ1n) is 13.2. The molecule has 0 aliphatic heterocycles. The lowest BCUT2D eigenvalue weighted by Crippen LogP contribution is -2.62. The molecule has 4 fully saturated rings. The standard InChI is InChI=1S/C27H46O5/c1-15(5-8-22(30)16(2)14-28)19-6-7-20-25-21(13-24(32)27(19,20)4)26(3)10-9-18(29)11-17(26)12-23(25)31/h14-25,29-32H,5-13H2,1-4H3/t15-,16?,17+,18-,19-,20+,21+,22+,23-,24+,25+,26+,27-/m1/s1. The maximum atomic E-state index is 11.6. The van der Waals surface area contributed by atoms with Gasteiger partial charge in [0.2, 0.25) is 0 Å². The molecule has 5 heteroatoms. The van der Waals surface area contributed by atoms with Gasteiger partial charge in [0.15, 0.2) is 0 Å². The van der Waals surface area contributed by atoms with Gasteiger partial charge in [0.25, 0.3) is 0 Å². The lowest BCUT2D eigenvalue weighted by molar-refractivity contribution is -0.207. The van der Waals surface area contributed by atoms with Crippen LogP contribution in [0.4, 0.5) is 0 Å². The molecule has 0 aromatic heterocycles. The van der Waals surface area contributed by atoms with Gasteiger partial charge in [0.1, 0.15) is 6.29 Å². The van der Waals surface area contributed by atoms with Crippen molar-refractivity contribution in [3.05, 3.63) is 0 Å². The monoisotopic (exact) mass is 450 g/mol. The third-order valence-corrected chi connectivity index (χ3v) is 11.3. The number of aliphatic hydroxyl groups excluding tert-OH is 4. The molecule has 0 saturated heterocycles. The van der Waals surface area contributed by atoms with Crippen molar-refractivity contribution in [2.75, 3.05) is 0 Å². The zero-order valence-corrected chi connectivity index (χ0v) is 20.5. The van der Waals surface area contributed by atoms with E-state index in [9.17, 15) is 25.2 Å². The van der Waals surface area contributed by atoms with Gasteiger partial charge < -0.3 is 25.2 Å². The van der Waals surface area contributed by atoms with Crippen molar-refractivity contribution in [1.29, 1.82) is 0 Å². The molecule has 0 spiro atoms. The van der Waals surface area contributed by atoms with Crippen molar-refractivity contribution in [3.8, 4) is 0 Å². The average molecular weight is 451 g/mol. The average Bonchev–Trinajstić information content (AvgIpc) is 3.11. The largest absolute Gasteiger partial charge is 0.393 e. The number of aliphatic hydroxyl groups is 4. The van der Waals surface area contributed by atoms with E-state index in [4.69, 9.17) is 0 Å². The third-order valence-electron chi connectivity index (χ3n) is 11.3. The quantitative estimate of drug-likeness (QED) is 0.464. The SMILES string of the molecule is CC(C=O)[C@@H](O)CC[C@@H](C)[C@H]1CC[C@H]2[C@@H]3[C@H](O)C[C@@H]4C[C@H](O)CC[C@]4(C)[C@H]3C[C@H](O)[C@]12C. The summed E-state index contributed by atoms with van der Waals surface area (Å²) < 4.78 is 0. The summed E-state index contributed by atoms with van der Waals surface area (Å²) in [5.41, 5.74) is -0.107. The van der Waals surface area contributed by atoms with E-state index in [0.717, 1.165) is 57.7 Å². The van der Waals surface area contributed by atoms with Crippen LogP contribution in [0, 0.1) is 52.3 Å². The molecule has 4 aliphatic carbocycles. The highest BCUT2D eigenvalue weighted by Crippen LogP contribution is 2.68. The normalized spacial score (nSPS) is 51.1. The Morgan fingerprint density at radius 3 is 2.38 bits per heavy atom. The number of rotatable bonds is 6. The Bertz CT molecular complexity index is 683. The van der Waals surface area contributed by atoms with E-state index in [1.54, 1.807) is 6.92 Å². The molecule has 0 bridgehead atoms. The molecule has 0 radical (unpaired) electrons. The van der Waals surface area contributed by atoms with E-state index in [1.807, 2.05) is 0 Å². The smallest absolute Gasteiger partial charge is 0.125 e. The first-order chi connectivity index (χ1) is 15.0. The molecule has 4 saturated carbocycles. The molecule has 1 unspecified atom stereocenters. The van der Waals surface area contributed by atoms with Crippen molar-refractivity contribution >= 4 is 6.29 Å². The molecule has 0 aromatic rings. The molecule has 0 heterocycles. The molecule has 5 nitrogen and oxygen atoms in total. The predicted molar refractivity (Wildman–Crippen MR) is 124 cm³/mol. The molecular weight excluding hydrogens is 404 g/mol. The lowest BCUT2D eigenvalue weighted by atomic mass is 9.43. The van der Waals surface area contributed by atoms with E-state index in [-0.39, 0.29) is 41.0 Å². The van der Waals surface area contributed by atoms with E-state index < -0.39 is 6.10 Å². The molecular formula is C27H46O5. The van der Waals surface area contributed by atoms with Crippen LogP contribution in [0.25, 0.3) is 0 Å². The zero-order valence-electron chi connectivity index (χ0n) is 20.5. The van der Waals surface area contributed by atoms with E-state index in [2.05, 4.69) is 20.8 Å². The highest BCUT2D eigenvalue weighted by atomic mass is 16.3. The number of hydrogen-bond donors (Lipinski definition) is 4. The highest BCUT2D eigenvalue weighted by Gasteiger charge is 2.65. The Kier molecular flexibility index (Phi) is 6.88. The summed E-state index contributed by atoms with van der Waals surface area (Å²) in [5.74, 6) is 1.61. The van der Waals surface area contributed by atoms with Crippen LogP contribution in [0.2, 0.25) is 0 Å². The van der Waals surface area contributed by atoms with Gasteiger partial charge >= 0.3 is 0 Å². The maximum Gasteiger partial charge on any atom is 0.125 e. The van der Waals surface area contributed by atoms with Gasteiger partial charge in [-0.15, -0.1) is 0 Å². The minimum Gasteiger partial charge on any atom is -0.393 e. The van der Waals surface area contributed by atoms with Gasteiger partial charge in [0, 0.05) is 5.92 Å². The van der Waals surface area contributed by atoms with Crippen molar-refractivity contribution in [2.24, 2.45) is 52.3 Å². The van der Waals surface area contributed by atoms with Gasteiger partial charge in [-0.25, -0.2) is 0 Å². The third kappa shape index (κ3) is 3.79. The maximum absolute atomic E-state index is 11.6. The van der Waals surface area contributed by atoms with Crippen LogP contribution in [0.3, 0.4) is 0 Å². The highest BCUT2D eigenvalue weighted by molar-refractivity contribution is 5.53. The van der Waals surface area contributed by atoms with Crippen LogP contribution >= 0.6 is 0 Å².